The maximum Gasteiger partial charge on any atom is 0.142 e. The van der Waals surface area contributed by atoms with Crippen LogP contribution in [0.4, 0.5) is 17.2 Å². The van der Waals surface area contributed by atoms with Crippen molar-refractivity contribution in [2.45, 2.75) is 0 Å². The molecule has 0 aliphatic carbocycles. The average molecular weight is 389 g/mol. The molecule has 2 heterocycles. The number of methoxy groups -OCH3 is 1. The first-order valence-corrected chi connectivity index (χ1v) is 10.2. The van der Waals surface area contributed by atoms with Crippen molar-refractivity contribution >= 4 is 17.2 Å². The van der Waals surface area contributed by atoms with Crippen molar-refractivity contribution in [3.05, 3.63) is 79.0 Å². The van der Waals surface area contributed by atoms with Crippen molar-refractivity contribution in [1.29, 1.82) is 0 Å². The second kappa shape index (κ2) is 9.43. The van der Waals surface area contributed by atoms with Crippen LogP contribution in [0.25, 0.3) is 0 Å². The molecule has 0 bridgehead atoms. The van der Waals surface area contributed by atoms with E-state index in [-0.39, 0.29) is 0 Å². The van der Waals surface area contributed by atoms with Gasteiger partial charge in [0.05, 0.1) is 12.8 Å². The number of pyridine rings is 1. The Bertz CT molecular complexity index is 840. The van der Waals surface area contributed by atoms with Gasteiger partial charge in [0.2, 0.25) is 0 Å². The Labute approximate surface area is 173 Å². The van der Waals surface area contributed by atoms with Gasteiger partial charge in [-0.1, -0.05) is 36.4 Å². The van der Waals surface area contributed by atoms with Gasteiger partial charge in [0.25, 0.3) is 0 Å². The highest BCUT2D eigenvalue weighted by Gasteiger charge is 2.20. The lowest BCUT2D eigenvalue weighted by Gasteiger charge is -2.37. The smallest absolute Gasteiger partial charge is 0.142 e. The van der Waals surface area contributed by atoms with E-state index in [1.807, 2.05) is 30.5 Å². The van der Waals surface area contributed by atoms with Crippen molar-refractivity contribution in [2.75, 3.05) is 56.2 Å². The number of ether oxygens (including phenoxy) is 1. The van der Waals surface area contributed by atoms with Gasteiger partial charge in [-0.3, -0.25) is 4.90 Å². The van der Waals surface area contributed by atoms with Crippen LogP contribution in [0.1, 0.15) is 0 Å². The van der Waals surface area contributed by atoms with Crippen molar-refractivity contribution in [3.8, 4) is 5.75 Å². The summed E-state index contributed by atoms with van der Waals surface area (Å²) in [5.74, 6) is 1.94. The molecule has 0 spiro atoms. The van der Waals surface area contributed by atoms with Gasteiger partial charge >= 0.3 is 0 Å². The molecule has 1 fully saturated rings. The molecule has 150 valence electrons. The minimum Gasteiger partial charge on any atom is -0.495 e. The summed E-state index contributed by atoms with van der Waals surface area (Å²) >= 11 is 0. The minimum absolute atomic E-state index is 0.912. The summed E-state index contributed by atoms with van der Waals surface area (Å²) in [5, 5.41) is 0. The number of rotatable bonds is 7. The van der Waals surface area contributed by atoms with Crippen LogP contribution in [0.15, 0.2) is 79.0 Å². The molecule has 0 saturated carbocycles. The topological polar surface area (TPSA) is 31.8 Å². The average Bonchev–Trinajstić information content (AvgIpc) is 2.81. The Hall–Kier alpha value is -3.05. The van der Waals surface area contributed by atoms with E-state index in [4.69, 9.17) is 4.74 Å². The van der Waals surface area contributed by atoms with Crippen LogP contribution in [-0.2, 0) is 0 Å². The van der Waals surface area contributed by atoms with Gasteiger partial charge in [-0.05, 0) is 36.4 Å². The zero-order valence-electron chi connectivity index (χ0n) is 16.9. The van der Waals surface area contributed by atoms with Gasteiger partial charge in [-0.2, -0.15) is 0 Å². The Kier molecular flexibility index (Phi) is 6.27. The highest BCUT2D eigenvalue weighted by Crippen LogP contribution is 2.28. The second-order valence-corrected chi connectivity index (χ2v) is 7.18. The minimum atomic E-state index is 0.912. The molecule has 1 aliphatic heterocycles. The number of anilines is 3. The molecule has 0 unspecified atom stereocenters. The van der Waals surface area contributed by atoms with Gasteiger partial charge in [0.1, 0.15) is 11.6 Å². The van der Waals surface area contributed by atoms with E-state index < -0.39 is 0 Å². The summed E-state index contributed by atoms with van der Waals surface area (Å²) in [6.45, 7) is 6.03. The molecule has 1 aromatic heterocycles. The Balaban J connectivity index is 1.38. The summed E-state index contributed by atoms with van der Waals surface area (Å²) in [6.07, 6.45) is 1.86. The third-order valence-electron chi connectivity index (χ3n) is 5.43. The molecule has 1 saturated heterocycles. The first-order chi connectivity index (χ1) is 14.3. The molecule has 0 atom stereocenters. The van der Waals surface area contributed by atoms with Crippen molar-refractivity contribution in [1.82, 2.24) is 9.88 Å². The van der Waals surface area contributed by atoms with Crippen molar-refractivity contribution in [3.63, 3.8) is 0 Å². The maximum absolute atomic E-state index is 5.53. The number of para-hydroxylation sites is 3. The number of benzene rings is 2. The molecule has 0 amide bonds. The number of hydrogen-bond donors (Lipinski definition) is 0. The Morgan fingerprint density at radius 2 is 1.59 bits per heavy atom. The van der Waals surface area contributed by atoms with Crippen LogP contribution in [-0.4, -0.2) is 56.3 Å². The Morgan fingerprint density at radius 3 is 2.31 bits per heavy atom. The number of nitrogens with zero attached hydrogens (tertiary/aromatic N) is 4. The van der Waals surface area contributed by atoms with Gasteiger partial charge in [-0.15, -0.1) is 0 Å². The normalized spacial score (nSPS) is 14.6. The third kappa shape index (κ3) is 4.69. The molecule has 5 heteroatoms. The highest BCUT2D eigenvalue weighted by molar-refractivity contribution is 5.60. The molecule has 1 aliphatic rings. The quantitative estimate of drug-likeness (QED) is 0.610. The van der Waals surface area contributed by atoms with Gasteiger partial charge in [-0.25, -0.2) is 4.98 Å². The van der Waals surface area contributed by atoms with E-state index in [1.54, 1.807) is 7.11 Å². The Morgan fingerprint density at radius 1 is 0.862 bits per heavy atom. The van der Waals surface area contributed by atoms with Crippen LogP contribution in [0, 0.1) is 0 Å². The predicted molar refractivity (Wildman–Crippen MR) is 119 cm³/mol. The molecule has 0 N–H and O–H groups in total. The second-order valence-electron chi connectivity index (χ2n) is 7.18. The number of piperazine rings is 1. The first kappa shape index (κ1) is 19.3. The zero-order valence-corrected chi connectivity index (χ0v) is 16.9. The van der Waals surface area contributed by atoms with Crippen LogP contribution in [0.5, 0.6) is 5.75 Å². The van der Waals surface area contributed by atoms with Gasteiger partial charge in [0, 0.05) is 51.2 Å². The van der Waals surface area contributed by atoms with E-state index >= 15 is 0 Å². The van der Waals surface area contributed by atoms with Crippen LogP contribution >= 0.6 is 0 Å². The first-order valence-electron chi connectivity index (χ1n) is 10.2. The fraction of sp³-hybridized carbons (Fsp3) is 0.292. The molecule has 3 aromatic rings. The molecule has 4 rings (SSSR count). The highest BCUT2D eigenvalue weighted by atomic mass is 16.5. The van der Waals surface area contributed by atoms with Crippen molar-refractivity contribution < 1.29 is 4.74 Å². The lowest BCUT2D eigenvalue weighted by Crippen LogP contribution is -2.48. The fourth-order valence-corrected chi connectivity index (χ4v) is 3.84. The maximum atomic E-state index is 5.53. The summed E-state index contributed by atoms with van der Waals surface area (Å²) < 4.78 is 5.53. The summed E-state index contributed by atoms with van der Waals surface area (Å²) in [5.41, 5.74) is 2.37. The number of aromatic nitrogens is 1. The molecule has 0 radical (unpaired) electrons. The largest absolute Gasteiger partial charge is 0.495 e. The summed E-state index contributed by atoms with van der Waals surface area (Å²) in [7, 11) is 1.74. The summed E-state index contributed by atoms with van der Waals surface area (Å²) in [6, 6.07) is 24.9. The zero-order chi connectivity index (χ0) is 19.9. The molecule has 5 nitrogen and oxygen atoms in total. The predicted octanol–water partition coefficient (Wildman–Crippen LogP) is 4.05. The van der Waals surface area contributed by atoms with E-state index in [2.05, 4.69) is 68.2 Å². The monoisotopic (exact) mass is 388 g/mol. The fourth-order valence-electron chi connectivity index (χ4n) is 3.84. The SMILES string of the molecule is COc1ccccc1N1CCN(CCN(c2ccccc2)c2ccccn2)CC1. The van der Waals surface area contributed by atoms with Crippen molar-refractivity contribution in [2.24, 2.45) is 0 Å². The van der Waals surface area contributed by atoms with E-state index in [9.17, 15) is 0 Å². The van der Waals surface area contributed by atoms with Gasteiger partial charge < -0.3 is 14.5 Å². The number of hydrogen-bond acceptors (Lipinski definition) is 5. The van der Waals surface area contributed by atoms with Crippen LogP contribution in [0.2, 0.25) is 0 Å². The van der Waals surface area contributed by atoms with E-state index in [0.717, 1.165) is 50.8 Å². The van der Waals surface area contributed by atoms with E-state index in [0.29, 0.717) is 0 Å². The molecular formula is C24H28N4O. The lowest BCUT2D eigenvalue weighted by molar-refractivity contribution is 0.263. The molecule has 2 aromatic carbocycles. The third-order valence-corrected chi connectivity index (χ3v) is 5.43. The lowest BCUT2D eigenvalue weighted by atomic mass is 10.2. The standard InChI is InChI=1S/C24H28N4O/c1-29-23-12-6-5-11-22(23)27-18-15-26(16-19-27)17-20-28(21-9-3-2-4-10-21)24-13-7-8-14-25-24/h2-14H,15-20H2,1H3. The molecule has 29 heavy (non-hydrogen) atoms. The van der Waals surface area contributed by atoms with Gasteiger partial charge in [0.15, 0.2) is 0 Å². The van der Waals surface area contributed by atoms with E-state index in [1.165, 1.54) is 11.4 Å². The van der Waals surface area contributed by atoms with Crippen LogP contribution in [0.3, 0.4) is 0 Å². The molecular weight excluding hydrogens is 360 g/mol. The van der Waals surface area contributed by atoms with Crippen LogP contribution < -0.4 is 14.5 Å². The summed E-state index contributed by atoms with van der Waals surface area (Å²) in [4.78, 5) is 11.8.